The Morgan fingerprint density at radius 2 is 1.25 bits per heavy atom. The summed E-state index contributed by atoms with van der Waals surface area (Å²) in [4.78, 5) is 11.2. The van der Waals surface area contributed by atoms with Crippen LogP contribution in [0.5, 0.6) is 0 Å². The number of carbonyl (C=O) groups excluding carboxylic acids is 1. The maximum atomic E-state index is 11.2. The van der Waals surface area contributed by atoms with E-state index in [9.17, 15) is 4.79 Å². The summed E-state index contributed by atoms with van der Waals surface area (Å²) >= 11 is 0. The normalized spacial score (nSPS) is 12.3. The first-order valence-corrected chi connectivity index (χ1v) is 8.68. The van der Waals surface area contributed by atoms with Crippen molar-refractivity contribution in [1.82, 2.24) is 0 Å². The Hall–Kier alpha value is -0.570. The van der Waals surface area contributed by atoms with Gasteiger partial charge in [0.05, 0.1) is 6.61 Å². The van der Waals surface area contributed by atoms with Gasteiger partial charge in [0.2, 0.25) is 0 Å². The minimum atomic E-state index is -0.243. The topological polar surface area (TPSA) is 53.9 Å². The van der Waals surface area contributed by atoms with Crippen molar-refractivity contribution in [2.24, 2.45) is 0 Å². The molecule has 1 unspecified atom stereocenters. The van der Waals surface area contributed by atoms with Crippen molar-refractivity contribution in [2.75, 3.05) is 6.61 Å². The van der Waals surface area contributed by atoms with Crippen molar-refractivity contribution < 1.29 is 15.3 Å². The third-order valence-corrected chi connectivity index (χ3v) is 3.64. The van der Waals surface area contributed by atoms with Crippen molar-refractivity contribution in [3.63, 3.8) is 0 Å². The molecule has 3 nitrogen and oxygen atoms in total. The lowest BCUT2D eigenvalue weighted by Crippen LogP contribution is -2.63. The number of unbranched alkanes of at least 4 members (excludes halogenated alkanes) is 11. The molecule has 0 bridgehead atoms. The van der Waals surface area contributed by atoms with Crippen LogP contribution in [0.15, 0.2) is 0 Å². The highest BCUT2D eigenvalue weighted by molar-refractivity contribution is 5.73. The Morgan fingerprint density at radius 1 is 0.850 bits per heavy atom. The zero-order valence-electron chi connectivity index (χ0n) is 13.8. The summed E-state index contributed by atoms with van der Waals surface area (Å²) in [6.07, 6.45) is 15.9. The highest BCUT2D eigenvalue weighted by Crippen LogP contribution is 2.11. The van der Waals surface area contributed by atoms with Gasteiger partial charge in [-0.05, 0) is 13.3 Å². The van der Waals surface area contributed by atoms with E-state index in [-0.39, 0.29) is 12.0 Å². The molecule has 3 heteroatoms. The molecule has 0 fully saturated rings. The van der Waals surface area contributed by atoms with E-state index in [1.165, 1.54) is 70.6 Å². The molecule has 0 aromatic heterocycles. The molecule has 0 aliphatic rings. The van der Waals surface area contributed by atoms with Gasteiger partial charge in [0.15, 0.2) is 6.04 Å². The van der Waals surface area contributed by atoms with E-state index in [1.807, 2.05) is 0 Å². The number of quaternary nitrogens is 1. The Kier molecular flexibility index (Phi) is 14.4. The second-order valence-corrected chi connectivity index (χ2v) is 5.96. The fourth-order valence-corrected chi connectivity index (χ4v) is 2.26. The lowest BCUT2D eigenvalue weighted by molar-refractivity contribution is -0.402. The van der Waals surface area contributed by atoms with Crippen LogP contribution >= 0.6 is 0 Å². The molecule has 0 aromatic rings. The molecule has 0 heterocycles. The molecule has 0 saturated carbocycles. The number of ether oxygens (including phenoxy) is 1. The lowest BCUT2D eigenvalue weighted by atomic mass is 10.1. The van der Waals surface area contributed by atoms with Crippen LogP contribution < -0.4 is 5.73 Å². The van der Waals surface area contributed by atoms with Crippen LogP contribution in [0.4, 0.5) is 0 Å². The van der Waals surface area contributed by atoms with Crippen LogP contribution in [0, 0.1) is 0 Å². The first kappa shape index (κ1) is 19.4. The van der Waals surface area contributed by atoms with E-state index in [4.69, 9.17) is 4.74 Å². The molecule has 0 radical (unpaired) electrons. The molecular formula is C17H36NO2+. The minimum Gasteiger partial charge on any atom is -0.461 e. The highest BCUT2D eigenvalue weighted by atomic mass is 16.5. The summed E-state index contributed by atoms with van der Waals surface area (Å²) in [7, 11) is 0. The molecule has 0 aliphatic heterocycles. The van der Waals surface area contributed by atoms with Crippen LogP contribution in [0.3, 0.4) is 0 Å². The summed E-state index contributed by atoms with van der Waals surface area (Å²) in [5.41, 5.74) is 3.64. The molecule has 0 rings (SSSR count). The molecule has 20 heavy (non-hydrogen) atoms. The second-order valence-electron chi connectivity index (χ2n) is 5.96. The van der Waals surface area contributed by atoms with Gasteiger partial charge in [-0.2, -0.15) is 0 Å². The van der Waals surface area contributed by atoms with E-state index in [2.05, 4.69) is 12.7 Å². The first-order chi connectivity index (χ1) is 9.68. The maximum Gasteiger partial charge on any atom is 0.364 e. The van der Waals surface area contributed by atoms with Crippen molar-refractivity contribution in [2.45, 2.75) is 96.9 Å². The predicted octanol–water partition coefficient (Wildman–Crippen LogP) is 3.86. The van der Waals surface area contributed by atoms with Gasteiger partial charge < -0.3 is 10.5 Å². The smallest absolute Gasteiger partial charge is 0.364 e. The van der Waals surface area contributed by atoms with E-state index >= 15 is 0 Å². The molecule has 0 aliphatic carbocycles. The van der Waals surface area contributed by atoms with Crippen LogP contribution in [0.2, 0.25) is 0 Å². The second kappa shape index (κ2) is 14.8. The van der Waals surface area contributed by atoms with E-state index in [0.29, 0.717) is 6.61 Å². The van der Waals surface area contributed by atoms with Crippen LogP contribution in [0.25, 0.3) is 0 Å². The molecule has 0 spiro atoms. The van der Waals surface area contributed by atoms with Gasteiger partial charge in [0.25, 0.3) is 0 Å². The SMILES string of the molecule is CCCCCCCCCCCCCCOC(=O)C(C)[NH3+]. The summed E-state index contributed by atoms with van der Waals surface area (Å²) < 4.78 is 5.09. The summed E-state index contributed by atoms with van der Waals surface area (Å²) in [6.45, 7) is 4.60. The van der Waals surface area contributed by atoms with Crippen molar-refractivity contribution in [1.29, 1.82) is 0 Å². The molecule has 120 valence electrons. The van der Waals surface area contributed by atoms with Gasteiger partial charge in [0, 0.05) is 0 Å². The molecule has 1 atom stereocenters. The van der Waals surface area contributed by atoms with Gasteiger partial charge >= 0.3 is 5.97 Å². The highest BCUT2D eigenvalue weighted by Gasteiger charge is 2.11. The summed E-state index contributed by atoms with van der Waals surface area (Å²) in [5, 5.41) is 0. The van der Waals surface area contributed by atoms with Gasteiger partial charge in [-0.15, -0.1) is 0 Å². The zero-order valence-corrected chi connectivity index (χ0v) is 13.8. The van der Waals surface area contributed by atoms with Crippen LogP contribution in [-0.4, -0.2) is 18.6 Å². The number of hydrogen-bond donors (Lipinski definition) is 1. The third kappa shape index (κ3) is 13.9. The number of esters is 1. The third-order valence-electron chi connectivity index (χ3n) is 3.64. The predicted molar refractivity (Wildman–Crippen MR) is 84.4 cm³/mol. The molecule has 0 amide bonds. The number of hydrogen-bond acceptors (Lipinski definition) is 2. The Labute approximate surface area is 125 Å². The Morgan fingerprint density at radius 3 is 1.65 bits per heavy atom. The number of carbonyl (C=O) groups is 1. The molecule has 0 aromatic carbocycles. The first-order valence-electron chi connectivity index (χ1n) is 8.68. The van der Waals surface area contributed by atoms with Gasteiger partial charge in [-0.3, -0.25) is 0 Å². The quantitative estimate of drug-likeness (QED) is 0.389. The Bertz CT molecular complexity index is 217. The Balaban J connectivity index is 3.04. The van der Waals surface area contributed by atoms with Crippen LogP contribution in [-0.2, 0) is 9.53 Å². The van der Waals surface area contributed by atoms with E-state index < -0.39 is 0 Å². The van der Waals surface area contributed by atoms with Crippen molar-refractivity contribution >= 4 is 5.97 Å². The van der Waals surface area contributed by atoms with E-state index in [0.717, 1.165) is 6.42 Å². The standard InChI is InChI=1S/C17H35NO2/c1-3-4-5-6-7-8-9-10-11-12-13-14-15-20-17(19)16(2)18/h16H,3-15,18H2,1-2H3/p+1. The van der Waals surface area contributed by atoms with Gasteiger partial charge in [-0.1, -0.05) is 77.6 Å². The minimum absolute atomic E-state index is 0.173. The van der Waals surface area contributed by atoms with Crippen molar-refractivity contribution in [3.05, 3.63) is 0 Å². The van der Waals surface area contributed by atoms with Gasteiger partial charge in [-0.25, -0.2) is 4.79 Å². The molecule has 0 saturated heterocycles. The zero-order chi connectivity index (χ0) is 15.1. The van der Waals surface area contributed by atoms with E-state index in [1.54, 1.807) is 6.92 Å². The summed E-state index contributed by atoms with van der Waals surface area (Å²) in [5.74, 6) is -0.173. The number of rotatable bonds is 14. The molecular weight excluding hydrogens is 250 g/mol. The van der Waals surface area contributed by atoms with Gasteiger partial charge in [0.1, 0.15) is 0 Å². The average Bonchev–Trinajstić information content (AvgIpc) is 2.43. The largest absolute Gasteiger partial charge is 0.461 e. The summed E-state index contributed by atoms with van der Waals surface area (Å²) in [6, 6.07) is -0.243. The fourth-order valence-electron chi connectivity index (χ4n) is 2.26. The monoisotopic (exact) mass is 286 g/mol. The van der Waals surface area contributed by atoms with Crippen LogP contribution in [0.1, 0.15) is 90.9 Å². The molecule has 3 N–H and O–H groups in total. The fraction of sp³-hybridized carbons (Fsp3) is 0.941. The lowest BCUT2D eigenvalue weighted by Gasteiger charge is -2.05. The average molecular weight is 286 g/mol. The maximum absolute atomic E-state index is 11.2. The van der Waals surface area contributed by atoms with Crippen molar-refractivity contribution in [3.8, 4) is 0 Å².